The van der Waals surface area contributed by atoms with E-state index in [9.17, 15) is 9.90 Å². The van der Waals surface area contributed by atoms with E-state index in [4.69, 9.17) is 16.3 Å². The zero-order chi connectivity index (χ0) is 23.2. The number of phenols is 1. The molecule has 168 valence electrons. The number of nitrogens with zero attached hydrogens (tertiary/aromatic N) is 2. The van der Waals surface area contributed by atoms with Crippen molar-refractivity contribution >= 4 is 46.5 Å². The minimum Gasteiger partial charge on any atom is -0.504 e. The summed E-state index contributed by atoms with van der Waals surface area (Å²) >= 11 is 7.76. The van der Waals surface area contributed by atoms with Crippen LogP contribution in [-0.4, -0.2) is 35.1 Å². The average molecular weight is 482 g/mol. The van der Waals surface area contributed by atoms with E-state index >= 15 is 0 Å². The molecule has 3 N–H and O–H groups in total. The number of carbonyl (C=O) groups is 1. The summed E-state index contributed by atoms with van der Waals surface area (Å²) in [7, 11) is 1.47. The number of nitrogens with one attached hydrogen (secondary N) is 2. The van der Waals surface area contributed by atoms with Crippen LogP contribution in [0.25, 0.3) is 11.0 Å². The van der Waals surface area contributed by atoms with Gasteiger partial charge in [-0.05, 0) is 53.7 Å². The maximum atomic E-state index is 12.4. The SMILES string of the molecule is COc1cc(/C=N/NC(=O)CSc2[nH]c3ccccc3[n+]2Cc2ccccc2Cl)ccc1O. The molecule has 0 bridgehead atoms. The second-order valence-corrected chi connectivity index (χ2v) is 8.51. The van der Waals surface area contributed by atoms with Crippen molar-refractivity contribution < 1.29 is 19.2 Å². The van der Waals surface area contributed by atoms with Gasteiger partial charge in [-0.25, -0.2) is 15.0 Å². The Balaban J connectivity index is 1.44. The minimum absolute atomic E-state index is 0.0403. The number of hydrogen-bond acceptors (Lipinski definition) is 5. The number of ether oxygens (including phenoxy) is 1. The number of hydrogen-bond donors (Lipinski definition) is 3. The molecule has 0 saturated heterocycles. The molecule has 1 amide bonds. The predicted molar refractivity (Wildman–Crippen MR) is 130 cm³/mol. The molecule has 0 aliphatic heterocycles. The molecule has 1 heterocycles. The van der Waals surface area contributed by atoms with E-state index in [1.807, 2.05) is 48.5 Å². The highest BCUT2D eigenvalue weighted by Gasteiger charge is 2.21. The van der Waals surface area contributed by atoms with Crippen molar-refractivity contribution in [2.45, 2.75) is 11.7 Å². The quantitative estimate of drug-likeness (QED) is 0.153. The van der Waals surface area contributed by atoms with Gasteiger partial charge in [0, 0.05) is 10.6 Å². The topological polar surface area (TPSA) is 90.6 Å². The second kappa shape index (κ2) is 10.4. The third-order valence-electron chi connectivity index (χ3n) is 4.91. The molecule has 0 saturated carbocycles. The molecule has 0 fully saturated rings. The molecule has 0 radical (unpaired) electrons. The van der Waals surface area contributed by atoms with Crippen LogP contribution < -0.4 is 14.7 Å². The lowest BCUT2D eigenvalue weighted by molar-refractivity contribution is -0.700. The van der Waals surface area contributed by atoms with Gasteiger partial charge in [-0.1, -0.05) is 41.9 Å². The van der Waals surface area contributed by atoms with E-state index in [-0.39, 0.29) is 17.4 Å². The molecule has 4 rings (SSSR count). The first kappa shape index (κ1) is 22.7. The first-order valence-corrected chi connectivity index (χ1v) is 11.5. The van der Waals surface area contributed by atoms with Gasteiger partial charge in [0.25, 0.3) is 5.91 Å². The number of carbonyl (C=O) groups excluding carboxylic acids is 1. The molecule has 4 aromatic rings. The number of aromatic amines is 1. The molecule has 0 unspecified atom stereocenters. The molecule has 9 heteroatoms. The summed E-state index contributed by atoms with van der Waals surface area (Å²) in [6.07, 6.45) is 1.49. The highest BCUT2D eigenvalue weighted by Crippen LogP contribution is 2.25. The molecule has 33 heavy (non-hydrogen) atoms. The van der Waals surface area contributed by atoms with E-state index in [0.29, 0.717) is 22.9 Å². The standard InChI is InChI=1S/C24H21ClN4O3S/c1-32-22-12-16(10-11-21(22)30)13-26-28-23(31)15-33-24-27-19-8-4-5-9-20(19)29(24)14-17-6-2-3-7-18(17)25/h2-13H,14-15H2,1H3,(H2,26,28,30,31)/p+1. The van der Waals surface area contributed by atoms with Crippen LogP contribution in [0.3, 0.4) is 0 Å². The van der Waals surface area contributed by atoms with Crippen LogP contribution in [0.2, 0.25) is 5.02 Å². The number of fused-ring (bicyclic) bond motifs is 1. The number of hydrazone groups is 1. The minimum atomic E-state index is -0.245. The van der Waals surface area contributed by atoms with E-state index in [1.165, 1.54) is 31.2 Å². The number of aromatic hydroxyl groups is 1. The lowest BCUT2D eigenvalue weighted by atomic mass is 10.2. The van der Waals surface area contributed by atoms with Crippen LogP contribution in [0.5, 0.6) is 11.5 Å². The Hall–Kier alpha value is -3.49. The van der Waals surface area contributed by atoms with Crippen LogP contribution in [0.1, 0.15) is 11.1 Å². The van der Waals surface area contributed by atoms with Gasteiger partial charge in [0.2, 0.25) is 0 Å². The van der Waals surface area contributed by atoms with Gasteiger partial charge < -0.3 is 9.84 Å². The van der Waals surface area contributed by atoms with E-state index in [1.54, 1.807) is 12.1 Å². The predicted octanol–water partition coefficient (Wildman–Crippen LogP) is 4.11. The molecule has 0 spiro atoms. The first-order chi connectivity index (χ1) is 16.0. The number of methoxy groups -OCH3 is 1. The summed E-state index contributed by atoms with van der Waals surface area (Å²) in [5, 5.41) is 15.2. The molecular weight excluding hydrogens is 460 g/mol. The number of amides is 1. The highest BCUT2D eigenvalue weighted by molar-refractivity contribution is 7.99. The number of aromatic nitrogens is 2. The van der Waals surface area contributed by atoms with Gasteiger partial charge in [-0.15, -0.1) is 0 Å². The van der Waals surface area contributed by atoms with E-state index < -0.39 is 0 Å². The summed E-state index contributed by atoms with van der Waals surface area (Å²) in [4.78, 5) is 15.8. The summed E-state index contributed by atoms with van der Waals surface area (Å²) in [6.45, 7) is 0.578. The van der Waals surface area contributed by atoms with Crippen molar-refractivity contribution in [3.8, 4) is 11.5 Å². The summed E-state index contributed by atoms with van der Waals surface area (Å²) in [5.41, 5.74) is 6.21. The Kier molecular flexibility index (Phi) is 7.16. The van der Waals surface area contributed by atoms with Gasteiger partial charge in [-0.3, -0.25) is 4.79 Å². The number of imidazole rings is 1. The van der Waals surface area contributed by atoms with Gasteiger partial charge in [0.1, 0.15) is 6.54 Å². The van der Waals surface area contributed by atoms with Crippen molar-refractivity contribution in [2.75, 3.05) is 12.9 Å². The van der Waals surface area contributed by atoms with E-state index in [2.05, 4.69) is 20.1 Å². The number of halogens is 1. The molecule has 3 aromatic carbocycles. The zero-order valence-electron chi connectivity index (χ0n) is 17.8. The fraction of sp³-hybridized carbons (Fsp3) is 0.125. The lowest BCUT2D eigenvalue weighted by Crippen LogP contribution is -2.36. The number of rotatable bonds is 8. The fourth-order valence-corrected chi connectivity index (χ4v) is 4.32. The van der Waals surface area contributed by atoms with Crippen LogP contribution >= 0.6 is 23.4 Å². The normalized spacial score (nSPS) is 11.2. The van der Waals surface area contributed by atoms with Gasteiger partial charge >= 0.3 is 5.16 Å². The van der Waals surface area contributed by atoms with Crippen molar-refractivity contribution in [3.63, 3.8) is 0 Å². The lowest BCUT2D eigenvalue weighted by Gasteiger charge is -2.05. The zero-order valence-corrected chi connectivity index (χ0v) is 19.4. The fourth-order valence-electron chi connectivity index (χ4n) is 3.29. The third kappa shape index (κ3) is 5.47. The summed E-state index contributed by atoms with van der Waals surface area (Å²) in [5.74, 6) is 0.303. The number of benzene rings is 3. The van der Waals surface area contributed by atoms with Crippen molar-refractivity contribution in [3.05, 3.63) is 82.9 Å². The van der Waals surface area contributed by atoms with Gasteiger partial charge in [0.15, 0.2) is 22.5 Å². The first-order valence-electron chi connectivity index (χ1n) is 10.1. The van der Waals surface area contributed by atoms with Gasteiger partial charge in [0.05, 0.1) is 19.1 Å². The molecular formula is C24H22ClN4O3S+. The van der Waals surface area contributed by atoms with Crippen molar-refractivity contribution in [1.29, 1.82) is 0 Å². The summed E-state index contributed by atoms with van der Waals surface area (Å²) in [6, 6.07) is 20.5. The Labute approximate surface area is 200 Å². The number of para-hydroxylation sites is 2. The molecule has 7 nitrogen and oxygen atoms in total. The number of phenolic OH excluding ortho intramolecular Hbond substituents is 1. The van der Waals surface area contributed by atoms with Crippen molar-refractivity contribution in [1.82, 2.24) is 10.4 Å². The largest absolute Gasteiger partial charge is 0.504 e. The number of thioether (sulfide) groups is 1. The van der Waals surface area contributed by atoms with Crippen LogP contribution in [0, 0.1) is 0 Å². The van der Waals surface area contributed by atoms with Crippen LogP contribution in [-0.2, 0) is 11.3 Å². The maximum Gasteiger partial charge on any atom is 0.317 e. The van der Waals surface area contributed by atoms with Crippen LogP contribution in [0.15, 0.2) is 77.0 Å². The Morgan fingerprint density at radius 2 is 2.00 bits per heavy atom. The highest BCUT2D eigenvalue weighted by atomic mass is 35.5. The van der Waals surface area contributed by atoms with Gasteiger partial charge in [-0.2, -0.15) is 5.10 Å². The maximum absolute atomic E-state index is 12.4. The average Bonchev–Trinajstić information content (AvgIpc) is 3.17. The molecule has 1 aromatic heterocycles. The monoisotopic (exact) mass is 481 g/mol. The Bertz CT molecular complexity index is 1320. The second-order valence-electron chi connectivity index (χ2n) is 7.14. The molecule has 0 aliphatic carbocycles. The third-order valence-corrected chi connectivity index (χ3v) is 6.29. The molecule has 0 atom stereocenters. The number of H-pyrrole nitrogens is 1. The molecule has 0 aliphatic rings. The summed E-state index contributed by atoms with van der Waals surface area (Å²) < 4.78 is 7.18. The Morgan fingerprint density at radius 1 is 1.21 bits per heavy atom. The smallest absolute Gasteiger partial charge is 0.317 e. The Morgan fingerprint density at radius 3 is 2.82 bits per heavy atom. The van der Waals surface area contributed by atoms with Crippen molar-refractivity contribution in [2.24, 2.45) is 5.10 Å². The van der Waals surface area contributed by atoms with E-state index in [0.717, 1.165) is 21.8 Å². The van der Waals surface area contributed by atoms with Crippen LogP contribution in [0.4, 0.5) is 0 Å².